The van der Waals surface area contributed by atoms with Crippen LogP contribution in [0.25, 0.3) is 6.08 Å². The Kier molecular flexibility index (Phi) is 5.82. The van der Waals surface area contributed by atoms with Crippen LogP contribution in [0.15, 0.2) is 48.0 Å². The van der Waals surface area contributed by atoms with E-state index >= 15 is 0 Å². The molecule has 1 saturated heterocycles. The van der Waals surface area contributed by atoms with Crippen LogP contribution in [0.1, 0.15) is 29.8 Å². The number of phenolic OH excluding ortho intramolecular Hbond substituents is 1. The molecule has 1 aliphatic rings. The van der Waals surface area contributed by atoms with Gasteiger partial charge in [0.05, 0.1) is 24.5 Å². The van der Waals surface area contributed by atoms with Crippen molar-refractivity contribution in [2.45, 2.75) is 13.8 Å². The molecule has 2 N–H and O–H groups in total. The highest BCUT2D eigenvalue weighted by Crippen LogP contribution is 2.29. The van der Waals surface area contributed by atoms with Crippen molar-refractivity contribution in [1.82, 2.24) is 5.43 Å². The number of esters is 1. The fraction of sp³-hybridized carbons (Fsp3) is 0.190. The molecule has 0 spiro atoms. The number of ether oxygens (including phenoxy) is 2. The number of hydrogen-bond acceptors (Lipinski definition) is 6. The van der Waals surface area contributed by atoms with Crippen molar-refractivity contribution in [3.05, 3.63) is 59.2 Å². The van der Waals surface area contributed by atoms with E-state index < -0.39 is 17.8 Å². The second-order valence-corrected chi connectivity index (χ2v) is 6.07. The minimum absolute atomic E-state index is 0.0282. The molecular weight excluding hydrogens is 376 g/mol. The van der Waals surface area contributed by atoms with Gasteiger partial charge in [-0.3, -0.25) is 15.0 Å². The smallest absolute Gasteiger partial charge is 0.338 e. The van der Waals surface area contributed by atoms with E-state index in [1.165, 1.54) is 24.3 Å². The SMILES string of the molecule is CCOC(=O)c1ccc(N2NC(=O)/C(=C/c3ccc(O)c(OCC)c3)C2=O)cc1. The average Bonchev–Trinajstić information content (AvgIpc) is 2.99. The number of anilines is 1. The number of carbonyl (C=O) groups is 3. The summed E-state index contributed by atoms with van der Waals surface area (Å²) in [6.07, 6.45) is 1.42. The van der Waals surface area contributed by atoms with Crippen molar-refractivity contribution in [3.8, 4) is 11.5 Å². The van der Waals surface area contributed by atoms with Gasteiger partial charge in [0.1, 0.15) is 5.57 Å². The Morgan fingerprint density at radius 3 is 2.48 bits per heavy atom. The quantitative estimate of drug-likeness (QED) is 0.441. The van der Waals surface area contributed by atoms with E-state index in [0.29, 0.717) is 23.4 Å². The van der Waals surface area contributed by atoms with Gasteiger partial charge < -0.3 is 14.6 Å². The van der Waals surface area contributed by atoms with Gasteiger partial charge >= 0.3 is 5.97 Å². The van der Waals surface area contributed by atoms with Gasteiger partial charge in [0.15, 0.2) is 11.5 Å². The maximum Gasteiger partial charge on any atom is 0.338 e. The lowest BCUT2D eigenvalue weighted by Crippen LogP contribution is -2.35. The summed E-state index contributed by atoms with van der Waals surface area (Å²) in [6.45, 7) is 4.12. The van der Waals surface area contributed by atoms with Crippen LogP contribution < -0.4 is 15.2 Å². The van der Waals surface area contributed by atoms with Crippen molar-refractivity contribution in [3.63, 3.8) is 0 Å². The summed E-state index contributed by atoms with van der Waals surface area (Å²) in [5.41, 5.74) is 3.71. The first-order valence-corrected chi connectivity index (χ1v) is 9.04. The van der Waals surface area contributed by atoms with Gasteiger partial charge in [-0.15, -0.1) is 0 Å². The second-order valence-electron chi connectivity index (χ2n) is 6.07. The number of aromatic hydroxyl groups is 1. The standard InChI is InChI=1S/C21H20N2O6/c1-3-28-18-12-13(5-10-17(18)24)11-16-19(25)22-23(20(16)26)15-8-6-14(7-9-15)21(27)29-4-2/h5-12,24H,3-4H2,1-2H3,(H,22,25)/b16-11-. The predicted octanol–water partition coefficient (Wildman–Crippen LogP) is 2.43. The molecule has 150 valence electrons. The summed E-state index contributed by atoms with van der Waals surface area (Å²) in [5, 5.41) is 10.9. The largest absolute Gasteiger partial charge is 0.504 e. The van der Waals surface area contributed by atoms with E-state index in [2.05, 4.69) is 5.43 Å². The second kappa shape index (κ2) is 8.47. The van der Waals surface area contributed by atoms with E-state index in [4.69, 9.17) is 9.47 Å². The molecule has 0 bridgehead atoms. The number of carbonyl (C=O) groups excluding carboxylic acids is 3. The minimum Gasteiger partial charge on any atom is -0.504 e. The fourth-order valence-corrected chi connectivity index (χ4v) is 2.76. The van der Waals surface area contributed by atoms with Crippen molar-refractivity contribution in [1.29, 1.82) is 0 Å². The first kappa shape index (κ1) is 19.9. The zero-order valence-corrected chi connectivity index (χ0v) is 16.0. The Labute approximate surface area is 167 Å². The van der Waals surface area contributed by atoms with Gasteiger partial charge in [-0.1, -0.05) is 6.07 Å². The molecule has 0 unspecified atom stereocenters. The molecule has 0 saturated carbocycles. The summed E-state index contributed by atoms with van der Waals surface area (Å²) in [5.74, 6) is -1.33. The normalized spacial score (nSPS) is 14.8. The zero-order chi connectivity index (χ0) is 21.0. The number of benzene rings is 2. The molecule has 0 atom stereocenters. The molecule has 1 fully saturated rings. The molecule has 29 heavy (non-hydrogen) atoms. The van der Waals surface area contributed by atoms with Crippen LogP contribution in [-0.4, -0.2) is 36.1 Å². The predicted molar refractivity (Wildman–Crippen MR) is 105 cm³/mol. The first-order chi connectivity index (χ1) is 13.9. The Bertz CT molecular complexity index is 981. The number of amides is 2. The third kappa shape index (κ3) is 4.21. The first-order valence-electron chi connectivity index (χ1n) is 9.04. The number of nitrogens with zero attached hydrogens (tertiary/aromatic N) is 1. The maximum atomic E-state index is 12.7. The van der Waals surface area contributed by atoms with Gasteiger partial charge in [-0.05, 0) is 61.9 Å². The Morgan fingerprint density at radius 2 is 1.83 bits per heavy atom. The van der Waals surface area contributed by atoms with E-state index in [-0.39, 0.29) is 23.7 Å². The molecule has 0 aliphatic carbocycles. The Morgan fingerprint density at radius 1 is 1.10 bits per heavy atom. The van der Waals surface area contributed by atoms with E-state index in [0.717, 1.165) is 5.01 Å². The van der Waals surface area contributed by atoms with Crippen molar-refractivity contribution < 1.29 is 29.0 Å². The molecule has 0 radical (unpaired) electrons. The minimum atomic E-state index is -0.560. The van der Waals surface area contributed by atoms with Crippen LogP contribution in [0, 0.1) is 0 Å². The average molecular weight is 396 g/mol. The molecule has 8 heteroatoms. The topological polar surface area (TPSA) is 105 Å². The Hall–Kier alpha value is -3.81. The summed E-state index contributed by atoms with van der Waals surface area (Å²) in [4.78, 5) is 36.8. The fourth-order valence-electron chi connectivity index (χ4n) is 2.76. The van der Waals surface area contributed by atoms with Crippen LogP contribution in [0.5, 0.6) is 11.5 Å². The lowest BCUT2D eigenvalue weighted by molar-refractivity contribution is -0.117. The number of nitrogens with one attached hydrogen (secondary N) is 1. The molecule has 0 aromatic heterocycles. The van der Waals surface area contributed by atoms with Crippen molar-refractivity contribution in [2.75, 3.05) is 18.2 Å². The monoisotopic (exact) mass is 396 g/mol. The van der Waals surface area contributed by atoms with E-state index in [1.807, 2.05) is 0 Å². The molecule has 2 aromatic rings. The van der Waals surface area contributed by atoms with Crippen LogP contribution in [0.3, 0.4) is 0 Å². The van der Waals surface area contributed by atoms with Gasteiger partial charge in [0.2, 0.25) is 0 Å². The number of hydrazine groups is 1. The van der Waals surface area contributed by atoms with Crippen LogP contribution in [0.2, 0.25) is 0 Å². The summed E-state index contributed by atoms with van der Waals surface area (Å²) < 4.78 is 10.2. The highest BCUT2D eigenvalue weighted by molar-refractivity contribution is 6.31. The zero-order valence-electron chi connectivity index (χ0n) is 16.0. The van der Waals surface area contributed by atoms with Gasteiger partial charge in [0.25, 0.3) is 11.8 Å². The summed E-state index contributed by atoms with van der Waals surface area (Å²) in [6, 6.07) is 10.7. The Balaban J connectivity index is 1.83. The van der Waals surface area contributed by atoms with Crippen molar-refractivity contribution in [2.24, 2.45) is 0 Å². The molecular formula is C21H20N2O6. The lowest BCUT2D eigenvalue weighted by atomic mass is 10.1. The summed E-state index contributed by atoms with van der Waals surface area (Å²) >= 11 is 0. The van der Waals surface area contributed by atoms with E-state index in [9.17, 15) is 19.5 Å². The van der Waals surface area contributed by atoms with Gasteiger partial charge in [-0.2, -0.15) is 0 Å². The van der Waals surface area contributed by atoms with Gasteiger partial charge in [0, 0.05) is 0 Å². The molecule has 1 heterocycles. The molecule has 2 amide bonds. The molecule has 8 nitrogen and oxygen atoms in total. The lowest BCUT2D eigenvalue weighted by Gasteiger charge is -2.14. The van der Waals surface area contributed by atoms with Crippen molar-refractivity contribution >= 4 is 29.5 Å². The number of rotatable bonds is 6. The number of phenols is 1. The van der Waals surface area contributed by atoms with E-state index in [1.54, 1.807) is 38.1 Å². The molecule has 3 rings (SSSR count). The van der Waals surface area contributed by atoms with Crippen LogP contribution in [0.4, 0.5) is 5.69 Å². The van der Waals surface area contributed by atoms with Crippen LogP contribution in [-0.2, 0) is 14.3 Å². The highest BCUT2D eigenvalue weighted by atomic mass is 16.5. The van der Waals surface area contributed by atoms with Gasteiger partial charge in [-0.25, -0.2) is 9.80 Å². The number of hydrogen-bond donors (Lipinski definition) is 2. The molecule has 2 aromatic carbocycles. The molecule has 1 aliphatic heterocycles. The maximum absolute atomic E-state index is 12.7. The third-order valence-electron chi connectivity index (χ3n) is 4.12. The van der Waals surface area contributed by atoms with Crippen LogP contribution >= 0.6 is 0 Å². The highest BCUT2D eigenvalue weighted by Gasteiger charge is 2.34. The summed E-state index contributed by atoms with van der Waals surface area (Å²) in [7, 11) is 0. The third-order valence-corrected chi connectivity index (χ3v) is 4.12.